The number of hydrogen-bond donors (Lipinski definition) is 3. The van der Waals surface area contributed by atoms with E-state index in [4.69, 9.17) is 10.8 Å². The van der Waals surface area contributed by atoms with Crippen molar-refractivity contribution in [1.29, 1.82) is 0 Å². The van der Waals surface area contributed by atoms with Crippen molar-refractivity contribution in [2.45, 2.75) is 90.9 Å². The first-order valence-electron chi connectivity index (χ1n) is 14.2. The predicted octanol–water partition coefficient (Wildman–Crippen LogP) is 7.16. The molecule has 4 N–H and O–H groups in total. The normalized spacial score (nSPS) is 23.1. The number of aliphatic carboxylic acids is 1. The minimum Gasteiger partial charge on any atom is -0.481 e. The van der Waals surface area contributed by atoms with Gasteiger partial charge in [0.05, 0.1) is 5.92 Å². The zero-order chi connectivity index (χ0) is 26.9. The average molecular weight is 549 g/mol. The lowest BCUT2D eigenvalue weighted by molar-refractivity contribution is -0.143. The van der Waals surface area contributed by atoms with Crippen LogP contribution in [0.25, 0.3) is 0 Å². The minimum atomic E-state index is -0.598. The van der Waals surface area contributed by atoms with Gasteiger partial charge in [-0.25, -0.2) is 0 Å². The van der Waals surface area contributed by atoms with Crippen LogP contribution < -0.4 is 11.1 Å². The molecule has 0 aliphatic heterocycles. The lowest BCUT2D eigenvalue weighted by Gasteiger charge is -2.26. The number of nitrogens with one attached hydrogen (secondary N) is 1. The third-order valence-electron chi connectivity index (χ3n) is 7.79. The van der Waals surface area contributed by atoms with E-state index in [9.17, 15) is 9.59 Å². The summed E-state index contributed by atoms with van der Waals surface area (Å²) in [6.45, 7) is 5.99. The molecule has 208 valence electrons. The second-order valence-corrected chi connectivity index (χ2v) is 12.4. The fraction of sp³-hybridized carbons (Fsp3) is 0.667. The first-order valence-corrected chi connectivity index (χ1v) is 16.0. The van der Waals surface area contributed by atoms with E-state index >= 15 is 0 Å². The molecule has 0 radical (unpaired) electrons. The first kappa shape index (κ1) is 31.5. The molecular formula is C30H48N2O3S2. The maximum atomic E-state index is 12.0. The topological polar surface area (TPSA) is 92.4 Å². The first-order chi connectivity index (χ1) is 18.0. The highest BCUT2D eigenvalue weighted by atomic mass is 32.1. The Hall–Kier alpha value is -1.70. The van der Waals surface area contributed by atoms with Gasteiger partial charge in [-0.15, -0.1) is 22.7 Å². The summed E-state index contributed by atoms with van der Waals surface area (Å²) in [7, 11) is 0. The maximum absolute atomic E-state index is 12.0. The van der Waals surface area contributed by atoms with Crippen LogP contribution in [0, 0.1) is 23.7 Å². The second-order valence-electron chi connectivity index (χ2n) is 10.3. The summed E-state index contributed by atoms with van der Waals surface area (Å²) in [5.74, 6) is 1.57. The molecule has 2 aromatic rings. The average Bonchev–Trinajstić information content (AvgIpc) is 3.64. The number of hydrogen-bond acceptors (Lipinski definition) is 5. The third kappa shape index (κ3) is 12.6. The lowest BCUT2D eigenvalue weighted by atomic mass is 9.80. The summed E-state index contributed by atoms with van der Waals surface area (Å²) in [5, 5.41) is 15.9. The van der Waals surface area contributed by atoms with Crippen LogP contribution >= 0.6 is 22.7 Å². The van der Waals surface area contributed by atoms with Crippen molar-refractivity contribution in [3.63, 3.8) is 0 Å². The standard InChI is InChI=1S/C15H23NOS.C9H16O2.C6H9NS/c1-2-12-5-7-13(8-6-12)15(17)16-10-9-14-4-3-11-18-14;1-2-7-3-5-8(6-4-7)9(10)11;7-4-3-6-2-1-5-8-6/h3-4,11-13H,2,5-10H2,1H3,(H,16,17);7-8H,2-6H2,1H3,(H,10,11);1-2,5H,3-4,7H2. The van der Waals surface area contributed by atoms with Gasteiger partial charge >= 0.3 is 5.97 Å². The number of rotatable bonds is 9. The van der Waals surface area contributed by atoms with Crippen molar-refractivity contribution in [3.8, 4) is 0 Å². The molecular weight excluding hydrogens is 500 g/mol. The van der Waals surface area contributed by atoms with Crippen molar-refractivity contribution in [1.82, 2.24) is 5.32 Å². The number of thiophene rings is 2. The van der Waals surface area contributed by atoms with Crippen molar-refractivity contribution < 1.29 is 14.7 Å². The Bertz CT molecular complexity index is 838. The molecule has 2 aliphatic carbocycles. The monoisotopic (exact) mass is 548 g/mol. The summed E-state index contributed by atoms with van der Waals surface area (Å²) in [6.07, 6.45) is 13.2. The van der Waals surface area contributed by atoms with Crippen molar-refractivity contribution in [2.24, 2.45) is 29.4 Å². The zero-order valence-electron chi connectivity index (χ0n) is 22.8. The highest BCUT2D eigenvalue weighted by Gasteiger charge is 2.25. The predicted molar refractivity (Wildman–Crippen MR) is 157 cm³/mol. The number of carboxylic acid groups (broad SMARTS) is 1. The summed E-state index contributed by atoms with van der Waals surface area (Å²) in [4.78, 5) is 25.3. The van der Waals surface area contributed by atoms with Gasteiger partial charge in [0.25, 0.3) is 0 Å². The molecule has 1 amide bonds. The number of amides is 1. The molecule has 0 spiro atoms. The van der Waals surface area contributed by atoms with E-state index in [1.54, 1.807) is 22.7 Å². The fourth-order valence-corrected chi connectivity index (χ4v) is 6.59. The lowest BCUT2D eigenvalue weighted by Crippen LogP contribution is -2.34. The minimum absolute atomic E-state index is 0.0437. The summed E-state index contributed by atoms with van der Waals surface area (Å²) in [5.41, 5.74) is 5.33. The largest absolute Gasteiger partial charge is 0.481 e. The van der Waals surface area contributed by atoms with Crippen LogP contribution in [0.5, 0.6) is 0 Å². The van der Waals surface area contributed by atoms with Crippen LogP contribution in [0.15, 0.2) is 35.0 Å². The number of carbonyl (C=O) groups is 2. The highest BCUT2D eigenvalue weighted by Crippen LogP contribution is 2.31. The molecule has 2 heterocycles. The van der Waals surface area contributed by atoms with Crippen LogP contribution in [-0.4, -0.2) is 30.1 Å². The molecule has 4 rings (SSSR count). The van der Waals surface area contributed by atoms with Crippen molar-refractivity contribution in [2.75, 3.05) is 13.1 Å². The Morgan fingerprint density at radius 3 is 1.73 bits per heavy atom. The van der Waals surface area contributed by atoms with Crippen LogP contribution in [0.2, 0.25) is 0 Å². The second kappa shape index (κ2) is 18.5. The van der Waals surface area contributed by atoms with Gasteiger partial charge in [0.1, 0.15) is 0 Å². The third-order valence-corrected chi connectivity index (χ3v) is 9.66. The Morgan fingerprint density at radius 1 is 0.838 bits per heavy atom. The summed E-state index contributed by atoms with van der Waals surface area (Å²) < 4.78 is 0. The zero-order valence-corrected chi connectivity index (χ0v) is 24.5. The SMILES string of the molecule is CCC1CCC(C(=O)NCCc2cccs2)CC1.CCC1CCC(C(=O)O)CC1.NCCc1cccs1. The Balaban J connectivity index is 0.000000215. The molecule has 0 bridgehead atoms. The van der Waals surface area contributed by atoms with E-state index in [1.807, 2.05) is 0 Å². The van der Waals surface area contributed by atoms with Gasteiger partial charge < -0.3 is 16.2 Å². The number of nitrogens with two attached hydrogens (primary N) is 1. The van der Waals surface area contributed by atoms with Gasteiger partial charge in [0.15, 0.2) is 0 Å². The Morgan fingerprint density at radius 2 is 1.32 bits per heavy atom. The maximum Gasteiger partial charge on any atom is 0.306 e. The van der Waals surface area contributed by atoms with E-state index in [-0.39, 0.29) is 17.7 Å². The quantitative estimate of drug-likeness (QED) is 0.310. The van der Waals surface area contributed by atoms with Crippen LogP contribution in [0.3, 0.4) is 0 Å². The molecule has 0 unspecified atom stereocenters. The Kier molecular flexibility index (Phi) is 15.8. The van der Waals surface area contributed by atoms with E-state index in [1.165, 1.54) is 35.4 Å². The van der Waals surface area contributed by atoms with Crippen LogP contribution in [0.1, 0.15) is 87.8 Å². The van der Waals surface area contributed by atoms with Gasteiger partial charge in [-0.2, -0.15) is 0 Å². The van der Waals surface area contributed by atoms with E-state index in [0.29, 0.717) is 0 Å². The van der Waals surface area contributed by atoms with E-state index < -0.39 is 5.97 Å². The van der Waals surface area contributed by atoms with Gasteiger partial charge in [0, 0.05) is 22.2 Å². The molecule has 7 heteroatoms. The number of carboxylic acids is 1. The molecule has 5 nitrogen and oxygen atoms in total. The molecule has 0 saturated heterocycles. The highest BCUT2D eigenvalue weighted by molar-refractivity contribution is 7.10. The van der Waals surface area contributed by atoms with E-state index in [0.717, 1.165) is 76.3 Å². The van der Waals surface area contributed by atoms with Gasteiger partial charge in [-0.05, 0) is 105 Å². The smallest absolute Gasteiger partial charge is 0.306 e. The fourth-order valence-electron chi connectivity index (χ4n) is 5.16. The van der Waals surface area contributed by atoms with Crippen LogP contribution in [0.4, 0.5) is 0 Å². The van der Waals surface area contributed by atoms with Crippen molar-refractivity contribution in [3.05, 3.63) is 44.8 Å². The molecule has 2 aliphatic rings. The number of carbonyl (C=O) groups excluding carboxylic acids is 1. The molecule has 2 fully saturated rings. The van der Waals surface area contributed by atoms with Crippen LogP contribution in [-0.2, 0) is 22.4 Å². The molecule has 2 saturated carbocycles. The van der Waals surface area contributed by atoms with Crippen molar-refractivity contribution >= 4 is 34.6 Å². The van der Waals surface area contributed by atoms with Gasteiger partial charge in [-0.1, -0.05) is 38.8 Å². The molecule has 0 atom stereocenters. The molecule has 37 heavy (non-hydrogen) atoms. The Labute approximate surface area is 232 Å². The van der Waals surface area contributed by atoms with Gasteiger partial charge in [0.2, 0.25) is 5.91 Å². The molecule has 2 aromatic heterocycles. The summed E-state index contributed by atoms with van der Waals surface area (Å²) >= 11 is 3.53. The van der Waals surface area contributed by atoms with Gasteiger partial charge in [-0.3, -0.25) is 9.59 Å². The molecule has 0 aromatic carbocycles. The van der Waals surface area contributed by atoms with E-state index in [2.05, 4.69) is 54.2 Å². The summed E-state index contributed by atoms with van der Waals surface area (Å²) in [6, 6.07) is 8.35.